The van der Waals surface area contributed by atoms with E-state index in [0.29, 0.717) is 6.42 Å². The zero-order valence-electron chi connectivity index (χ0n) is 10.7. The van der Waals surface area contributed by atoms with E-state index in [9.17, 15) is 9.59 Å². The molecule has 0 radical (unpaired) electrons. The zero-order valence-corrected chi connectivity index (χ0v) is 10.7. The van der Waals surface area contributed by atoms with Gasteiger partial charge in [-0.1, -0.05) is 0 Å². The molecule has 2 rings (SSSR count). The maximum atomic E-state index is 12.2. The van der Waals surface area contributed by atoms with Crippen LogP contribution in [0.3, 0.4) is 0 Å². The predicted molar refractivity (Wildman–Crippen MR) is 63.1 cm³/mol. The lowest BCUT2D eigenvalue weighted by atomic mass is 10.2. The van der Waals surface area contributed by atoms with E-state index in [2.05, 4.69) is 0 Å². The minimum Gasteiger partial charge on any atom is -0.324 e. The van der Waals surface area contributed by atoms with Crippen molar-refractivity contribution in [1.82, 2.24) is 10.0 Å². The van der Waals surface area contributed by atoms with Crippen molar-refractivity contribution in [3.63, 3.8) is 0 Å². The fraction of sp³-hybridized carbons (Fsp3) is 0.833. The number of nitrogens with zero attached hydrogens (tertiary/aromatic N) is 2. The first-order valence-corrected chi connectivity index (χ1v) is 6.50. The monoisotopic (exact) mass is 240 g/mol. The number of carbonyl (C=O) groups is 2. The fourth-order valence-corrected chi connectivity index (χ4v) is 2.89. The minimum absolute atomic E-state index is 0.0168. The van der Waals surface area contributed by atoms with Crippen molar-refractivity contribution >= 4 is 11.8 Å². The van der Waals surface area contributed by atoms with Crippen molar-refractivity contribution in [2.45, 2.75) is 38.1 Å². The number of amides is 2. The molecular weight excluding hydrogens is 218 g/mol. The van der Waals surface area contributed by atoms with Crippen LogP contribution in [0.2, 0.25) is 0 Å². The highest BCUT2D eigenvalue weighted by atomic mass is 16.2. The Morgan fingerprint density at radius 2 is 1.71 bits per heavy atom. The highest BCUT2D eigenvalue weighted by Crippen LogP contribution is 2.12. The lowest BCUT2D eigenvalue weighted by Crippen LogP contribution is -3.16. The summed E-state index contributed by atoms with van der Waals surface area (Å²) in [6.07, 6.45) is 5.25. The second kappa shape index (κ2) is 5.14. The molecule has 0 aliphatic carbocycles. The molecule has 5 heteroatoms. The number of hydrogen-bond donors (Lipinski definition) is 1. The molecule has 2 aliphatic rings. The molecule has 0 aromatic rings. The van der Waals surface area contributed by atoms with E-state index in [-0.39, 0.29) is 17.9 Å². The second-order valence-electron chi connectivity index (χ2n) is 5.22. The molecule has 17 heavy (non-hydrogen) atoms. The third-order valence-electron chi connectivity index (χ3n) is 3.76. The molecule has 1 N–H and O–H groups in total. The molecule has 0 spiro atoms. The Morgan fingerprint density at radius 3 is 2.18 bits per heavy atom. The second-order valence-corrected chi connectivity index (χ2v) is 5.22. The molecule has 5 nitrogen and oxygen atoms in total. The highest BCUT2D eigenvalue weighted by Gasteiger charge is 2.46. The predicted octanol–water partition coefficient (Wildman–Crippen LogP) is -0.951. The number of imide groups is 1. The molecular formula is C12H22N3O2+. The molecule has 96 valence electrons. The first kappa shape index (κ1) is 12.5. The van der Waals surface area contributed by atoms with E-state index in [1.807, 2.05) is 0 Å². The van der Waals surface area contributed by atoms with Crippen LogP contribution in [0.5, 0.6) is 0 Å². The Balaban J connectivity index is 2.07. The van der Waals surface area contributed by atoms with Gasteiger partial charge in [-0.15, -0.1) is 0 Å². The van der Waals surface area contributed by atoms with Crippen LogP contribution in [0, 0.1) is 0 Å². The molecule has 0 bridgehead atoms. The summed E-state index contributed by atoms with van der Waals surface area (Å²) in [6.45, 7) is 2.07. The lowest BCUT2D eigenvalue weighted by molar-refractivity contribution is -0.914. The van der Waals surface area contributed by atoms with Crippen LogP contribution in [0.4, 0.5) is 0 Å². The molecule has 1 atom stereocenters. The largest absolute Gasteiger partial charge is 0.324 e. The van der Waals surface area contributed by atoms with Gasteiger partial charge in [-0.25, -0.2) is 10.0 Å². The summed E-state index contributed by atoms with van der Waals surface area (Å²) in [4.78, 5) is 25.3. The van der Waals surface area contributed by atoms with Crippen molar-refractivity contribution in [3.8, 4) is 0 Å². The van der Waals surface area contributed by atoms with Crippen LogP contribution in [0.1, 0.15) is 32.1 Å². The summed E-state index contributed by atoms with van der Waals surface area (Å²) in [5.74, 6) is -0.0707. The number of likely N-dealkylation sites (tertiary alicyclic amines) is 1. The van der Waals surface area contributed by atoms with Crippen LogP contribution in [0.25, 0.3) is 0 Å². The highest BCUT2D eigenvalue weighted by molar-refractivity contribution is 6.04. The molecule has 2 amide bonds. The summed E-state index contributed by atoms with van der Waals surface area (Å²) >= 11 is 0. The van der Waals surface area contributed by atoms with E-state index >= 15 is 0 Å². The summed E-state index contributed by atoms with van der Waals surface area (Å²) in [7, 11) is 3.49. The molecule has 0 saturated carbocycles. The van der Waals surface area contributed by atoms with E-state index in [1.54, 1.807) is 19.1 Å². The number of rotatable bonds is 2. The maximum absolute atomic E-state index is 12.2. The zero-order chi connectivity index (χ0) is 12.4. The fourth-order valence-electron chi connectivity index (χ4n) is 2.89. The summed E-state index contributed by atoms with van der Waals surface area (Å²) in [5, 5.41) is 2.89. The third kappa shape index (κ3) is 2.50. The van der Waals surface area contributed by atoms with E-state index in [0.717, 1.165) is 13.1 Å². The number of nitrogens with one attached hydrogen (secondary N) is 1. The number of quaternary nitrogens is 1. The van der Waals surface area contributed by atoms with Crippen molar-refractivity contribution in [1.29, 1.82) is 0 Å². The van der Waals surface area contributed by atoms with Crippen LogP contribution in [-0.2, 0) is 9.59 Å². The molecule has 2 saturated heterocycles. The molecule has 0 aromatic carbocycles. The third-order valence-corrected chi connectivity index (χ3v) is 3.76. The van der Waals surface area contributed by atoms with Crippen molar-refractivity contribution in [3.05, 3.63) is 0 Å². The van der Waals surface area contributed by atoms with Crippen LogP contribution in [-0.4, -0.2) is 55.1 Å². The van der Waals surface area contributed by atoms with Crippen molar-refractivity contribution in [2.75, 3.05) is 27.2 Å². The van der Waals surface area contributed by atoms with Gasteiger partial charge in [-0.2, -0.15) is 0 Å². The van der Waals surface area contributed by atoms with Gasteiger partial charge < -0.3 is 4.90 Å². The van der Waals surface area contributed by atoms with Gasteiger partial charge >= 0.3 is 5.91 Å². The number of hydrazine groups is 1. The van der Waals surface area contributed by atoms with Crippen molar-refractivity contribution in [2.24, 2.45) is 0 Å². The Morgan fingerprint density at radius 1 is 1.12 bits per heavy atom. The Hall–Kier alpha value is -0.940. The summed E-state index contributed by atoms with van der Waals surface area (Å²) < 4.78 is 0. The number of hydrogen-bond acceptors (Lipinski definition) is 3. The topological polar surface area (TPSA) is 45.1 Å². The SMILES string of the molecule is CN(C)N1C(=O)C[C@H]([NH+]2CCCCCC2)C1=O. The first-order chi connectivity index (χ1) is 8.11. The average Bonchev–Trinajstić information content (AvgIpc) is 2.48. The van der Waals surface area contributed by atoms with Crippen LogP contribution in [0.15, 0.2) is 0 Å². The molecule has 2 aliphatic heterocycles. The van der Waals surface area contributed by atoms with Gasteiger partial charge in [0, 0.05) is 14.1 Å². The summed E-state index contributed by atoms with van der Waals surface area (Å²) in [5.41, 5.74) is 0. The van der Waals surface area contributed by atoms with Gasteiger partial charge in [0.2, 0.25) is 0 Å². The molecule has 2 fully saturated rings. The van der Waals surface area contributed by atoms with Crippen LogP contribution < -0.4 is 4.90 Å². The minimum atomic E-state index is -0.136. The number of carbonyl (C=O) groups excluding carboxylic acids is 2. The summed E-state index contributed by atoms with van der Waals surface area (Å²) in [6, 6.07) is -0.136. The quantitative estimate of drug-likeness (QED) is 0.633. The van der Waals surface area contributed by atoms with E-state index in [4.69, 9.17) is 0 Å². The smallest absolute Gasteiger partial charge is 0.302 e. The van der Waals surface area contributed by atoms with Crippen molar-refractivity contribution < 1.29 is 14.5 Å². The molecule has 0 aromatic heterocycles. The Bertz CT molecular complexity index is 309. The molecule has 2 heterocycles. The maximum Gasteiger partial charge on any atom is 0.302 e. The van der Waals surface area contributed by atoms with Gasteiger partial charge in [0.1, 0.15) is 0 Å². The van der Waals surface area contributed by atoms with E-state index in [1.165, 1.54) is 35.6 Å². The lowest BCUT2D eigenvalue weighted by Gasteiger charge is -2.24. The van der Waals surface area contributed by atoms with Gasteiger partial charge in [0.05, 0.1) is 19.5 Å². The van der Waals surface area contributed by atoms with Gasteiger partial charge in [0.25, 0.3) is 5.91 Å². The normalized spacial score (nSPS) is 27.9. The van der Waals surface area contributed by atoms with Gasteiger partial charge in [-0.3, -0.25) is 9.59 Å². The average molecular weight is 240 g/mol. The van der Waals surface area contributed by atoms with Gasteiger partial charge in [-0.05, 0) is 25.7 Å². The Kier molecular flexibility index (Phi) is 3.79. The standard InChI is InChI=1S/C12H21N3O2/c1-13(2)15-11(16)9-10(12(15)17)14-7-5-3-4-6-8-14/h10H,3-9H2,1-2H3/p+1/t10-/m0/s1. The van der Waals surface area contributed by atoms with E-state index < -0.39 is 0 Å². The van der Waals surface area contributed by atoms with Gasteiger partial charge in [0.15, 0.2) is 6.04 Å². The first-order valence-electron chi connectivity index (χ1n) is 6.50. The molecule has 0 unspecified atom stereocenters. The Labute approximate surface area is 102 Å². The van der Waals surface area contributed by atoms with Crippen LogP contribution >= 0.6 is 0 Å².